The quantitative estimate of drug-likeness (QED) is 0.885. The number of alkyl halides is 3. The third-order valence-electron chi connectivity index (χ3n) is 2.17. The number of hydrogen-bond acceptors (Lipinski definition) is 2. The number of benzene rings is 1. The molecule has 0 aliphatic rings. The maximum atomic E-state index is 12.0. The van der Waals surface area contributed by atoms with Crippen LogP contribution in [0, 0.1) is 6.92 Å². The Balaban J connectivity index is 2.40. The molecule has 0 bridgehead atoms. The van der Waals surface area contributed by atoms with E-state index in [0.717, 1.165) is 22.9 Å². The zero-order valence-electron chi connectivity index (χ0n) is 8.79. The van der Waals surface area contributed by atoms with Gasteiger partial charge in [0.25, 0.3) is 0 Å². The van der Waals surface area contributed by atoms with Gasteiger partial charge in [-0.2, -0.15) is 24.9 Å². The molecule has 0 amide bonds. The van der Waals surface area contributed by atoms with E-state index in [-0.39, 0.29) is 5.75 Å². The van der Waals surface area contributed by atoms with Crippen molar-refractivity contribution in [2.75, 3.05) is 5.75 Å². The van der Waals surface area contributed by atoms with Crippen molar-refractivity contribution in [3.63, 3.8) is 0 Å². The molecule has 1 aromatic rings. The first-order valence-electron chi connectivity index (χ1n) is 4.78. The Hall–Kier alpha value is -0.680. The minimum Gasteiger partial charge on any atom is -0.383 e. The molecular formula is C11H13F3OS. The third-order valence-corrected chi connectivity index (χ3v) is 3.24. The van der Waals surface area contributed by atoms with E-state index in [0.29, 0.717) is 5.75 Å². The Labute approximate surface area is 96.7 Å². The Morgan fingerprint density at radius 3 is 2.50 bits per heavy atom. The van der Waals surface area contributed by atoms with Crippen LogP contribution in [0.4, 0.5) is 13.2 Å². The average Bonchev–Trinajstić information content (AvgIpc) is 2.19. The molecule has 0 aliphatic carbocycles. The number of halogens is 3. The summed E-state index contributed by atoms with van der Waals surface area (Å²) < 4.78 is 36.0. The topological polar surface area (TPSA) is 20.2 Å². The molecule has 0 fully saturated rings. The fourth-order valence-electron chi connectivity index (χ4n) is 1.15. The minimum atomic E-state index is -4.52. The van der Waals surface area contributed by atoms with E-state index in [1.807, 2.05) is 31.2 Å². The maximum Gasteiger partial charge on any atom is 0.415 e. The second-order valence-corrected chi connectivity index (χ2v) is 4.53. The van der Waals surface area contributed by atoms with Gasteiger partial charge < -0.3 is 5.11 Å². The Morgan fingerprint density at radius 1 is 1.31 bits per heavy atom. The Morgan fingerprint density at radius 2 is 1.94 bits per heavy atom. The highest BCUT2D eigenvalue weighted by molar-refractivity contribution is 7.98. The molecule has 5 heteroatoms. The summed E-state index contributed by atoms with van der Waals surface area (Å²) in [4.78, 5) is 0. The van der Waals surface area contributed by atoms with Crippen LogP contribution in [0.1, 0.15) is 11.1 Å². The SMILES string of the molecule is Cc1ccccc1CSCC(O)C(F)(F)F. The molecule has 0 aliphatic heterocycles. The highest BCUT2D eigenvalue weighted by Crippen LogP contribution is 2.24. The molecule has 90 valence electrons. The molecule has 0 saturated heterocycles. The van der Waals surface area contributed by atoms with Gasteiger partial charge in [0.1, 0.15) is 0 Å². The van der Waals surface area contributed by atoms with Crippen LogP contribution in [0.25, 0.3) is 0 Å². The van der Waals surface area contributed by atoms with E-state index >= 15 is 0 Å². The van der Waals surface area contributed by atoms with Crippen LogP contribution in [0.3, 0.4) is 0 Å². The Kier molecular flexibility index (Phi) is 4.68. The molecule has 0 spiro atoms. The molecule has 1 nitrogen and oxygen atoms in total. The van der Waals surface area contributed by atoms with Gasteiger partial charge >= 0.3 is 6.18 Å². The molecule has 16 heavy (non-hydrogen) atoms. The molecule has 1 N–H and O–H groups in total. The van der Waals surface area contributed by atoms with Crippen LogP contribution >= 0.6 is 11.8 Å². The van der Waals surface area contributed by atoms with Crippen LogP contribution in [0.5, 0.6) is 0 Å². The van der Waals surface area contributed by atoms with E-state index in [2.05, 4.69) is 0 Å². The van der Waals surface area contributed by atoms with Crippen molar-refractivity contribution in [1.29, 1.82) is 0 Å². The van der Waals surface area contributed by atoms with Gasteiger partial charge in [-0.1, -0.05) is 24.3 Å². The Bertz CT molecular complexity index is 338. The minimum absolute atomic E-state index is 0.322. The van der Waals surface area contributed by atoms with Gasteiger partial charge in [-0.3, -0.25) is 0 Å². The van der Waals surface area contributed by atoms with Crippen molar-refractivity contribution >= 4 is 11.8 Å². The third kappa shape index (κ3) is 4.06. The predicted octanol–water partition coefficient (Wildman–Crippen LogP) is 3.15. The van der Waals surface area contributed by atoms with Gasteiger partial charge in [0, 0.05) is 11.5 Å². The molecule has 0 radical (unpaired) electrons. The molecule has 1 rings (SSSR count). The summed E-state index contributed by atoms with van der Waals surface area (Å²) in [6.45, 7) is 1.91. The van der Waals surface area contributed by atoms with Crippen LogP contribution < -0.4 is 0 Å². The maximum absolute atomic E-state index is 12.0. The van der Waals surface area contributed by atoms with Gasteiger partial charge in [-0.15, -0.1) is 0 Å². The van der Waals surface area contributed by atoms with E-state index in [4.69, 9.17) is 5.11 Å². The lowest BCUT2D eigenvalue weighted by Gasteiger charge is -2.14. The van der Waals surface area contributed by atoms with Crippen molar-refractivity contribution < 1.29 is 18.3 Å². The highest BCUT2D eigenvalue weighted by atomic mass is 32.2. The summed E-state index contributed by atoms with van der Waals surface area (Å²) in [5, 5.41) is 8.79. The number of rotatable bonds is 4. The molecule has 1 aromatic carbocycles. The second kappa shape index (κ2) is 5.59. The van der Waals surface area contributed by atoms with E-state index in [9.17, 15) is 13.2 Å². The van der Waals surface area contributed by atoms with Gasteiger partial charge in [-0.05, 0) is 18.1 Å². The lowest BCUT2D eigenvalue weighted by molar-refractivity contribution is -0.195. The lowest BCUT2D eigenvalue weighted by atomic mass is 10.1. The van der Waals surface area contributed by atoms with Gasteiger partial charge in [-0.25, -0.2) is 0 Å². The van der Waals surface area contributed by atoms with E-state index in [1.165, 1.54) is 0 Å². The lowest BCUT2D eigenvalue weighted by Crippen LogP contribution is -2.30. The number of hydrogen-bond donors (Lipinski definition) is 1. The first-order valence-corrected chi connectivity index (χ1v) is 5.94. The largest absolute Gasteiger partial charge is 0.415 e. The zero-order valence-corrected chi connectivity index (χ0v) is 9.61. The first-order chi connectivity index (χ1) is 7.41. The summed E-state index contributed by atoms with van der Waals surface area (Å²) in [5.74, 6) is 0.164. The standard InChI is InChI=1S/C11H13F3OS/c1-8-4-2-3-5-9(8)6-16-7-10(15)11(12,13)14/h2-5,10,15H,6-7H2,1H3. The monoisotopic (exact) mass is 250 g/mol. The molecule has 0 saturated carbocycles. The summed E-state index contributed by atoms with van der Waals surface area (Å²) in [5.41, 5.74) is 2.05. The molecule has 0 aromatic heterocycles. The van der Waals surface area contributed by atoms with Crippen LogP contribution in [-0.4, -0.2) is 23.1 Å². The molecular weight excluding hydrogens is 237 g/mol. The van der Waals surface area contributed by atoms with Gasteiger partial charge in [0.05, 0.1) is 0 Å². The van der Waals surface area contributed by atoms with Crippen molar-refractivity contribution in [1.82, 2.24) is 0 Å². The molecule has 0 heterocycles. The summed E-state index contributed by atoms with van der Waals surface area (Å²) in [7, 11) is 0. The van der Waals surface area contributed by atoms with Crippen LogP contribution in [-0.2, 0) is 5.75 Å². The van der Waals surface area contributed by atoms with Crippen molar-refractivity contribution in [2.45, 2.75) is 25.0 Å². The summed E-state index contributed by atoms with van der Waals surface area (Å²) >= 11 is 1.09. The summed E-state index contributed by atoms with van der Waals surface area (Å²) in [6, 6.07) is 7.52. The van der Waals surface area contributed by atoms with Crippen LogP contribution in [0.15, 0.2) is 24.3 Å². The predicted molar refractivity (Wildman–Crippen MR) is 59.4 cm³/mol. The zero-order chi connectivity index (χ0) is 12.2. The van der Waals surface area contributed by atoms with Gasteiger partial charge in [0.15, 0.2) is 6.10 Å². The number of thioether (sulfide) groups is 1. The number of aryl methyl sites for hydroxylation is 1. The fourth-order valence-corrected chi connectivity index (χ4v) is 2.22. The highest BCUT2D eigenvalue weighted by Gasteiger charge is 2.37. The molecule has 1 unspecified atom stereocenters. The van der Waals surface area contributed by atoms with Gasteiger partial charge in [0.2, 0.25) is 0 Å². The molecule has 1 atom stereocenters. The van der Waals surface area contributed by atoms with Crippen molar-refractivity contribution in [3.8, 4) is 0 Å². The smallest absolute Gasteiger partial charge is 0.383 e. The fraction of sp³-hybridized carbons (Fsp3) is 0.455. The first kappa shape index (κ1) is 13.4. The van der Waals surface area contributed by atoms with E-state index < -0.39 is 12.3 Å². The van der Waals surface area contributed by atoms with Crippen molar-refractivity contribution in [3.05, 3.63) is 35.4 Å². The normalized spacial score (nSPS) is 13.8. The van der Waals surface area contributed by atoms with Crippen LogP contribution in [0.2, 0.25) is 0 Å². The average molecular weight is 250 g/mol. The van der Waals surface area contributed by atoms with Crippen molar-refractivity contribution in [2.24, 2.45) is 0 Å². The number of aliphatic hydroxyl groups is 1. The number of aliphatic hydroxyl groups excluding tert-OH is 1. The second-order valence-electron chi connectivity index (χ2n) is 3.50. The summed E-state index contributed by atoms with van der Waals surface area (Å²) in [6.07, 6.45) is -6.75. The van der Waals surface area contributed by atoms with E-state index in [1.54, 1.807) is 0 Å².